The van der Waals surface area contributed by atoms with Gasteiger partial charge in [-0.05, 0) is 37.3 Å². The van der Waals surface area contributed by atoms with Crippen LogP contribution in [0.3, 0.4) is 0 Å². The fourth-order valence-corrected chi connectivity index (χ4v) is 13.4. The van der Waals surface area contributed by atoms with Crippen molar-refractivity contribution < 1.29 is 0 Å². The molecule has 0 heterocycles. The van der Waals surface area contributed by atoms with Crippen molar-refractivity contribution in [3.63, 3.8) is 0 Å². The molecule has 2 aliphatic carbocycles. The Morgan fingerprint density at radius 2 is 0.905 bits per heavy atom. The first-order chi connectivity index (χ1) is 10.2. The van der Waals surface area contributed by atoms with Gasteiger partial charge in [0.15, 0.2) is 0 Å². The Morgan fingerprint density at radius 3 is 1.14 bits per heavy atom. The lowest BCUT2D eigenvalue weighted by Gasteiger charge is -2.55. The fraction of sp³-hybridized carbons (Fsp3) is 1.00. The van der Waals surface area contributed by atoms with Crippen LogP contribution in [-0.4, -0.2) is 43.7 Å². The Bertz CT molecular complexity index is 250. The van der Waals surface area contributed by atoms with Gasteiger partial charge >= 0.3 is 0 Å². The molecule has 0 aromatic carbocycles. The summed E-state index contributed by atoms with van der Waals surface area (Å²) in [7, 11) is -1.52. The molecular weight excluding hydrogens is 272 g/mol. The molecule has 0 bridgehead atoms. The average Bonchev–Trinajstić information content (AvgIpc) is 3.21. The van der Waals surface area contributed by atoms with E-state index in [2.05, 4.69) is 36.8 Å². The minimum atomic E-state index is -1.52. The summed E-state index contributed by atoms with van der Waals surface area (Å²) >= 11 is 0. The van der Waals surface area contributed by atoms with E-state index in [1.807, 2.05) is 0 Å². The molecule has 0 aliphatic heterocycles. The maximum absolute atomic E-state index is 2.99. The molecule has 2 nitrogen and oxygen atoms in total. The van der Waals surface area contributed by atoms with Crippen molar-refractivity contribution in [3.8, 4) is 0 Å². The quantitative estimate of drug-likeness (QED) is 0.582. The fourth-order valence-electron chi connectivity index (χ4n) is 5.73. The van der Waals surface area contributed by atoms with Crippen LogP contribution in [0.4, 0.5) is 0 Å². The summed E-state index contributed by atoms with van der Waals surface area (Å²) in [5.41, 5.74) is 2.08. The Morgan fingerprint density at radius 1 is 0.619 bits per heavy atom. The number of nitrogens with zero attached hydrogens (tertiary/aromatic N) is 2. The van der Waals surface area contributed by atoms with Crippen LogP contribution in [0.5, 0.6) is 0 Å². The molecule has 0 spiro atoms. The van der Waals surface area contributed by atoms with Crippen molar-refractivity contribution in [2.24, 2.45) is 0 Å². The van der Waals surface area contributed by atoms with Crippen LogP contribution in [0, 0.1) is 0 Å². The second-order valence-corrected chi connectivity index (χ2v) is 11.6. The van der Waals surface area contributed by atoms with Crippen LogP contribution in [-0.2, 0) is 0 Å². The molecule has 2 rings (SSSR count). The van der Waals surface area contributed by atoms with Crippen LogP contribution in [0.25, 0.3) is 0 Å². The second-order valence-electron chi connectivity index (χ2n) is 7.09. The van der Waals surface area contributed by atoms with E-state index in [9.17, 15) is 0 Å². The molecular formula is C18H38N2Si. The summed E-state index contributed by atoms with van der Waals surface area (Å²) in [6.07, 6.45) is 12.1. The average molecular weight is 311 g/mol. The zero-order valence-electron chi connectivity index (χ0n) is 15.0. The standard InChI is InChI=1S/C18H38N2Si/c1-5-19(6-2)21(20(7-3)8-4,17-13-9-10-14-17)18-15-11-12-16-18/h17-18H,5-16H2,1-4H3. The largest absolute Gasteiger partial charge is 0.312 e. The lowest BCUT2D eigenvalue weighted by molar-refractivity contribution is 0.318. The van der Waals surface area contributed by atoms with Gasteiger partial charge in [-0.25, -0.2) is 0 Å². The Hall–Kier alpha value is 0.137. The van der Waals surface area contributed by atoms with Crippen LogP contribution in [0.1, 0.15) is 79.1 Å². The monoisotopic (exact) mass is 310 g/mol. The van der Waals surface area contributed by atoms with Crippen molar-refractivity contribution in [2.45, 2.75) is 90.1 Å². The number of hydrogen-bond acceptors (Lipinski definition) is 2. The van der Waals surface area contributed by atoms with E-state index in [0.29, 0.717) is 0 Å². The highest BCUT2D eigenvalue weighted by molar-refractivity contribution is 6.77. The molecule has 0 radical (unpaired) electrons. The molecule has 0 amide bonds. The predicted molar refractivity (Wildman–Crippen MR) is 96.0 cm³/mol. The molecule has 21 heavy (non-hydrogen) atoms. The van der Waals surface area contributed by atoms with Crippen molar-refractivity contribution in [3.05, 3.63) is 0 Å². The highest BCUT2D eigenvalue weighted by Crippen LogP contribution is 2.52. The second kappa shape index (κ2) is 8.12. The van der Waals surface area contributed by atoms with Gasteiger partial charge in [0.25, 0.3) is 0 Å². The van der Waals surface area contributed by atoms with Crippen LogP contribution in [0.2, 0.25) is 11.1 Å². The van der Waals surface area contributed by atoms with E-state index in [1.54, 1.807) is 0 Å². The minimum absolute atomic E-state index is 1.04. The van der Waals surface area contributed by atoms with Crippen molar-refractivity contribution in [2.75, 3.05) is 26.2 Å². The van der Waals surface area contributed by atoms with Crippen LogP contribution >= 0.6 is 0 Å². The van der Waals surface area contributed by atoms with Crippen molar-refractivity contribution in [1.82, 2.24) is 9.13 Å². The van der Waals surface area contributed by atoms with Gasteiger partial charge < -0.3 is 9.13 Å². The third kappa shape index (κ3) is 3.11. The lowest BCUT2D eigenvalue weighted by atomic mass is 10.3. The van der Waals surface area contributed by atoms with E-state index in [1.165, 1.54) is 77.5 Å². The van der Waals surface area contributed by atoms with Crippen molar-refractivity contribution >= 4 is 8.40 Å². The molecule has 0 unspecified atom stereocenters. The number of rotatable bonds is 8. The SMILES string of the molecule is CCN(CC)[Si](C1CCCC1)(C1CCCC1)N(CC)CC. The van der Waals surface area contributed by atoms with E-state index >= 15 is 0 Å². The van der Waals surface area contributed by atoms with Gasteiger partial charge in [0.05, 0.1) is 0 Å². The van der Waals surface area contributed by atoms with Crippen LogP contribution in [0.15, 0.2) is 0 Å². The van der Waals surface area contributed by atoms with Gasteiger partial charge in [0, 0.05) is 0 Å². The van der Waals surface area contributed by atoms with Gasteiger partial charge in [0.2, 0.25) is 8.40 Å². The molecule has 0 N–H and O–H groups in total. The highest BCUT2D eigenvalue weighted by atomic mass is 28.4. The normalized spacial score (nSPS) is 22.0. The van der Waals surface area contributed by atoms with Gasteiger partial charge in [-0.3, -0.25) is 0 Å². The van der Waals surface area contributed by atoms with E-state index in [0.717, 1.165) is 11.1 Å². The third-order valence-corrected chi connectivity index (χ3v) is 13.3. The Kier molecular flexibility index (Phi) is 6.76. The van der Waals surface area contributed by atoms with Gasteiger partial charge in [-0.1, -0.05) is 79.1 Å². The molecule has 2 saturated carbocycles. The van der Waals surface area contributed by atoms with Crippen LogP contribution < -0.4 is 0 Å². The maximum Gasteiger partial charge on any atom is 0.213 e. The Balaban J connectivity index is 2.44. The first-order valence-electron chi connectivity index (χ1n) is 9.75. The third-order valence-electron chi connectivity index (χ3n) is 6.45. The zero-order chi connectivity index (χ0) is 15.3. The van der Waals surface area contributed by atoms with Gasteiger partial charge in [0.1, 0.15) is 0 Å². The van der Waals surface area contributed by atoms with E-state index in [-0.39, 0.29) is 0 Å². The summed E-state index contributed by atoms with van der Waals surface area (Å²) in [6.45, 7) is 14.7. The van der Waals surface area contributed by atoms with E-state index < -0.39 is 8.40 Å². The molecule has 0 saturated heterocycles. The molecule has 0 aromatic heterocycles. The molecule has 124 valence electrons. The molecule has 3 heteroatoms. The summed E-state index contributed by atoms with van der Waals surface area (Å²) in [4.78, 5) is 0. The summed E-state index contributed by atoms with van der Waals surface area (Å²) in [6, 6.07) is 0. The first kappa shape index (κ1) is 17.5. The first-order valence-corrected chi connectivity index (χ1v) is 11.8. The summed E-state index contributed by atoms with van der Waals surface area (Å²) in [5, 5.41) is 0. The lowest BCUT2D eigenvalue weighted by Crippen LogP contribution is -2.70. The molecule has 2 fully saturated rings. The molecule has 2 aliphatic rings. The summed E-state index contributed by atoms with van der Waals surface area (Å²) in [5.74, 6) is 0. The highest BCUT2D eigenvalue weighted by Gasteiger charge is 2.55. The minimum Gasteiger partial charge on any atom is -0.312 e. The predicted octanol–water partition coefficient (Wildman–Crippen LogP) is 5.00. The Labute approximate surface area is 134 Å². The maximum atomic E-state index is 2.99. The van der Waals surface area contributed by atoms with E-state index in [4.69, 9.17) is 0 Å². The smallest absolute Gasteiger partial charge is 0.213 e. The zero-order valence-corrected chi connectivity index (χ0v) is 16.0. The summed E-state index contributed by atoms with van der Waals surface area (Å²) < 4.78 is 5.98. The topological polar surface area (TPSA) is 6.48 Å². The van der Waals surface area contributed by atoms with Gasteiger partial charge in [-0.15, -0.1) is 0 Å². The molecule has 0 aromatic rings. The number of hydrogen-bond donors (Lipinski definition) is 0. The van der Waals surface area contributed by atoms with Gasteiger partial charge in [-0.2, -0.15) is 0 Å². The molecule has 0 atom stereocenters. The van der Waals surface area contributed by atoms with Crippen molar-refractivity contribution in [1.29, 1.82) is 0 Å².